The van der Waals surface area contributed by atoms with Crippen molar-refractivity contribution >= 4 is 43.3 Å². The highest BCUT2D eigenvalue weighted by Gasteiger charge is 1.92. The minimum Gasteiger partial charge on any atom is -0.325 e. The quantitative estimate of drug-likeness (QED) is 0.468. The van der Waals surface area contributed by atoms with Crippen molar-refractivity contribution in [2.75, 3.05) is 0 Å². The molecule has 7 heteroatoms. The summed E-state index contributed by atoms with van der Waals surface area (Å²) in [5, 5.41) is 0. The van der Waals surface area contributed by atoms with Gasteiger partial charge in [0.2, 0.25) is 0 Å². The van der Waals surface area contributed by atoms with E-state index in [4.69, 9.17) is 14.7 Å². The second-order valence-corrected chi connectivity index (χ2v) is 3.01. The Kier molecular flexibility index (Phi) is 11.8. The van der Waals surface area contributed by atoms with Crippen molar-refractivity contribution in [1.82, 2.24) is 0 Å². The van der Waals surface area contributed by atoms with E-state index >= 15 is 0 Å². The average molecular weight is 187 g/mol. The fourth-order valence-electron chi connectivity index (χ4n) is 0. The van der Waals surface area contributed by atoms with Crippen LogP contribution in [0.3, 0.4) is 0 Å². The van der Waals surface area contributed by atoms with E-state index in [0.29, 0.717) is 0 Å². The Bertz CT molecular complexity index is 59.1. The summed E-state index contributed by atoms with van der Waals surface area (Å²) in [4.78, 5) is 22.7. The summed E-state index contributed by atoms with van der Waals surface area (Å²) < 4.78 is 0. The lowest BCUT2D eigenvalue weighted by Crippen LogP contribution is -1.65. The molecule has 0 aromatic rings. The van der Waals surface area contributed by atoms with Crippen LogP contribution >= 0.6 is 31.5 Å². The van der Waals surface area contributed by atoms with E-state index in [1.54, 1.807) is 0 Å². The van der Waals surface area contributed by atoms with Crippen LogP contribution in [0.15, 0.2) is 0 Å². The standard InChI is InChI=1S/2ClH.H3O3PS/c;;1-4(2,3)5/h2*1H;(H3,1,2,3,5). The van der Waals surface area contributed by atoms with Gasteiger partial charge in [-0.3, -0.25) is 0 Å². The van der Waals surface area contributed by atoms with Crippen molar-refractivity contribution in [3.05, 3.63) is 0 Å². The lowest BCUT2D eigenvalue weighted by atomic mass is 15.8. The number of hydrogen-bond acceptors (Lipinski definition) is 1. The molecule has 0 aliphatic rings. The van der Waals surface area contributed by atoms with Gasteiger partial charge in [-0.1, -0.05) is 0 Å². The van der Waals surface area contributed by atoms with Gasteiger partial charge in [0.25, 0.3) is 0 Å². The number of rotatable bonds is 0. The molecule has 0 saturated carbocycles. The van der Waals surface area contributed by atoms with Crippen molar-refractivity contribution < 1.29 is 14.7 Å². The maximum Gasteiger partial charge on any atom is 0.319 e. The first-order valence-corrected chi connectivity index (χ1v) is 3.44. The van der Waals surface area contributed by atoms with E-state index in [-0.39, 0.29) is 24.8 Å². The molecule has 0 unspecified atom stereocenters. The molecule has 0 heterocycles. The van der Waals surface area contributed by atoms with E-state index in [0.717, 1.165) is 0 Å². The monoisotopic (exact) mass is 186 g/mol. The lowest BCUT2D eigenvalue weighted by Gasteiger charge is -1.88. The normalized spacial score (nSPS) is 8.43. The topological polar surface area (TPSA) is 60.7 Å². The Morgan fingerprint density at radius 2 is 1.00 bits per heavy atom. The van der Waals surface area contributed by atoms with Crippen LogP contribution in [0, 0.1) is 0 Å². The van der Waals surface area contributed by atoms with E-state index in [2.05, 4.69) is 11.8 Å². The second kappa shape index (κ2) is 5.25. The molecule has 0 saturated heterocycles. The zero-order valence-electron chi connectivity index (χ0n) is 3.01. The molecule has 0 atom stereocenters. The van der Waals surface area contributed by atoms with E-state index in [1.807, 2.05) is 0 Å². The maximum absolute atomic E-state index is 7.56. The van der Waals surface area contributed by atoms with Crippen LogP contribution in [0.1, 0.15) is 0 Å². The first-order chi connectivity index (χ1) is 2.00. The molecule has 0 aromatic heterocycles. The third kappa shape index (κ3) is 151. The van der Waals surface area contributed by atoms with E-state index < -0.39 is 6.72 Å². The summed E-state index contributed by atoms with van der Waals surface area (Å²) in [6, 6.07) is 0. The molecule has 7 heavy (non-hydrogen) atoms. The molecule has 48 valence electrons. The van der Waals surface area contributed by atoms with Crippen LogP contribution in [-0.4, -0.2) is 14.7 Å². The summed E-state index contributed by atoms with van der Waals surface area (Å²) in [5.41, 5.74) is 0. The van der Waals surface area contributed by atoms with Crippen molar-refractivity contribution in [2.24, 2.45) is 0 Å². The Labute approximate surface area is 58.4 Å². The molecule has 0 bridgehead atoms. The van der Waals surface area contributed by atoms with E-state index in [1.165, 1.54) is 0 Å². The van der Waals surface area contributed by atoms with Gasteiger partial charge in [-0.2, -0.15) is 0 Å². The maximum atomic E-state index is 7.56. The Morgan fingerprint density at radius 1 is 1.00 bits per heavy atom. The average Bonchev–Trinajstić information content (AvgIpc) is 0.722. The van der Waals surface area contributed by atoms with Crippen molar-refractivity contribution in [3.8, 4) is 0 Å². The van der Waals surface area contributed by atoms with Gasteiger partial charge in [0, 0.05) is 0 Å². The molecule has 0 aliphatic carbocycles. The van der Waals surface area contributed by atoms with Gasteiger partial charge in [0.15, 0.2) is 0 Å². The van der Waals surface area contributed by atoms with Gasteiger partial charge < -0.3 is 14.7 Å². The van der Waals surface area contributed by atoms with Crippen LogP contribution in [-0.2, 0) is 11.8 Å². The summed E-state index contributed by atoms with van der Waals surface area (Å²) in [7, 11) is 0. The first-order valence-electron chi connectivity index (χ1n) is 0.783. The van der Waals surface area contributed by atoms with Crippen molar-refractivity contribution in [3.63, 3.8) is 0 Å². The minimum atomic E-state index is -3.81. The molecule has 0 aliphatic heterocycles. The summed E-state index contributed by atoms with van der Waals surface area (Å²) in [6.07, 6.45) is 0. The lowest BCUT2D eigenvalue weighted by molar-refractivity contribution is 0.363. The molecular weight excluding hydrogens is 182 g/mol. The summed E-state index contributed by atoms with van der Waals surface area (Å²) in [6.45, 7) is -3.81. The molecule has 0 amide bonds. The predicted octanol–water partition coefficient (Wildman–Crippen LogP) is 0.0314. The summed E-state index contributed by atoms with van der Waals surface area (Å²) in [5.74, 6) is 0. The molecule has 0 fully saturated rings. The van der Waals surface area contributed by atoms with Crippen LogP contribution in [0.4, 0.5) is 0 Å². The van der Waals surface area contributed by atoms with Crippen molar-refractivity contribution in [2.45, 2.75) is 0 Å². The highest BCUT2D eigenvalue weighted by molar-refractivity contribution is 8.06. The molecular formula is H5Cl2O3PS. The third-order valence-corrected chi connectivity index (χ3v) is 0. The molecule has 0 rings (SSSR count). The predicted molar refractivity (Wildman–Crippen MR) is 35.4 cm³/mol. The molecule has 3 nitrogen and oxygen atoms in total. The highest BCUT2D eigenvalue weighted by atomic mass is 35.5. The second-order valence-electron chi connectivity index (χ2n) is 0.513. The van der Waals surface area contributed by atoms with Crippen LogP contribution in [0.5, 0.6) is 0 Å². The Balaban J connectivity index is -0.0000000800. The van der Waals surface area contributed by atoms with Crippen molar-refractivity contribution in [1.29, 1.82) is 0 Å². The van der Waals surface area contributed by atoms with Gasteiger partial charge in [0.05, 0.1) is 0 Å². The van der Waals surface area contributed by atoms with Gasteiger partial charge in [-0.15, -0.1) is 24.8 Å². The Hall–Kier alpha value is 1.11. The van der Waals surface area contributed by atoms with Crippen LogP contribution in [0.25, 0.3) is 0 Å². The van der Waals surface area contributed by atoms with Crippen LogP contribution < -0.4 is 0 Å². The number of halogens is 2. The van der Waals surface area contributed by atoms with Gasteiger partial charge in [0.1, 0.15) is 0 Å². The summed E-state index contributed by atoms with van der Waals surface area (Å²) >= 11 is 3.60. The zero-order valence-corrected chi connectivity index (χ0v) is 6.36. The fourth-order valence-corrected chi connectivity index (χ4v) is 0. The molecule has 0 spiro atoms. The van der Waals surface area contributed by atoms with E-state index in [9.17, 15) is 0 Å². The Morgan fingerprint density at radius 3 is 1.00 bits per heavy atom. The first kappa shape index (κ1) is 15.7. The minimum absolute atomic E-state index is 0. The number of hydrogen-bond donors (Lipinski definition) is 3. The fraction of sp³-hybridized carbons (Fsp3) is 0. The molecule has 0 radical (unpaired) electrons. The van der Waals surface area contributed by atoms with Gasteiger partial charge in [-0.25, -0.2) is 0 Å². The highest BCUT2D eigenvalue weighted by Crippen LogP contribution is 2.26. The smallest absolute Gasteiger partial charge is 0.319 e. The van der Waals surface area contributed by atoms with Crippen LogP contribution in [0.2, 0.25) is 0 Å². The van der Waals surface area contributed by atoms with Gasteiger partial charge in [-0.05, 0) is 11.8 Å². The molecule has 3 N–H and O–H groups in total. The zero-order chi connectivity index (χ0) is 4.50. The largest absolute Gasteiger partial charge is 0.325 e. The van der Waals surface area contributed by atoms with Gasteiger partial charge >= 0.3 is 6.72 Å². The molecule has 0 aromatic carbocycles. The third-order valence-electron chi connectivity index (χ3n) is 0. The SMILES string of the molecule is Cl.Cl.OP(O)(O)=S.